The van der Waals surface area contributed by atoms with Crippen LogP contribution >= 0.6 is 0 Å². The van der Waals surface area contributed by atoms with Crippen molar-refractivity contribution in [1.29, 1.82) is 0 Å². The predicted octanol–water partition coefficient (Wildman–Crippen LogP) is 25.9. The van der Waals surface area contributed by atoms with E-state index in [-0.39, 0.29) is 12.5 Å². The van der Waals surface area contributed by atoms with Crippen molar-refractivity contribution in [2.75, 3.05) is 6.61 Å². The van der Waals surface area contributed by atoms with Crippen LogP contribution < -0.4 is 5.32 Å². The second-order valence-corrected chi connectivity index (χ2v) is 26.1. The lowest BCUT2D eigenvalue weighted by atomic mass is 10.0. The van der Waals surface area contributed by atoms with Gasteiger partial charge in [-0.25, -0.2) is 0 Å². The molecule has 0 aromatic heterocycles. The van der Waals surface area contributed by atoms with E-state index in [1.165, 1.54) is 372 Å². The van der Waals surface area contributed by atoms with Crippen molar-refractivity contribution in [2.24, 2.45) is 0 Å². The minimum Gasteiger partial charge on any atom is -0.394 e. The van der Waals surface area contributed by atoms with E-state index in [4.69, 9.17) is 0 Å². The molecule has 81 heavy (non-hydrogen) atoms. The molecule has 0 aliphatic heterocycles. The number of carbonyl (C=O) groups excluding carboxylic acids is 1. The van der Waals surface area contributed by atoms with Crippen LogP contribution in [0.4, 0.5) is 0 Å². The van der Waals surface area contributed by atoms with Crippen molar-refractivity contribution in [2.45, 2.75) is 443 Å². The molecule has 2 unspecified atom stereocenters. The molecule has 0 bridgehead atoms. The molecule has 2 atom stereocenters. The third-order valence-corrected chi connectivity index (χ3v) is 17.9. The van der Waals surface area contributed by atoms with Gasteiger partial charge in [0.05, 0.1) is 18.8 Å². The number of hydrogen-bond acceptors (Lipinski definition) is 3. The Morgan fingerprint density at radius 3 is 0.716 bits per heavy atom. The Morgan fingerprint density at radius 2 is 0.481 bits per heavy atom. The van der Waals surface area contributed by atoms with Gasteiger partial charge in [-0.05, 0) is 44.9 Å². The highest BCUT2D eigenvalue weighted by atomic mass is 16.3. The monoisotopic (exact) mass is 1140 g/mol. The van der Waals surface area contributed by atoms with Gasteiger partial charge in [-0.3, -0.25) is 4.79 Å². The van der Waals surface area contributed by atoms with Crippen molar-refractivity contribution >= 4 is 5.91 Å². The largest absolute Gasteiger partial charge is 0.394 e. The van der Waals surface area contributed by atoms with Gasteiger partial charge < -0.3 is 15.5 Å². The van der Waals surface area contributed by atoms with Gasteiger partial charge in [0.2, 0.25) is 5.91 Å². The van der Waals surface area contributed by atoms with E-state index in [1.807, 2.05) is 6.08 Å². The van der Waals surface area contributed by atoms with Crippen LogP contribution in [0.2, 0.25) is 0 Å². The summed E-state index contributed by atoms with van der Waals surface area (Å²) in [5.41, 5.74) is 0. The summed E-state index contributed by atoms with van der Waals surface area (Å²) in [5, 5.41) is 23.3. The Balaban J connectivity index is 3.43. The third-order valence-electron chi connectivity index (χ3n) is 17.9. The fourth-order valence-electron chi connectivity index (χ4n) is 12.2. The van der Waals surface area contributed by atoms with Crippen LogP contribution in [0, 0.1) is 0 Å². The molecule has 0 heterocycles. The average molecular weight is 1140 g/mol. The van der Waals surface area contributed by atoms with Crippen LogP contribution in [-0.4, -0.2) is 34.9 Å². The summed E-state index contributed by atoms with van der Waals surface area (Å²) < 4.78 is 0. The molecule has 3 N–H and O–H groups in total. The molecular weight excluding hydrogens is 987 g/mol. The first kappa shape index (κ1) is 79.6. The first-order valence-corrected chi connectivity index (χ1v) is 37.7. The van der Waals surface area contributed by atoms with Crippen molar-refractivity contribution in [3.05, 3.63) is 36.5 Å². The molecule has 0 spiro atoms. The van der Waals surface area contributed by atoms with Gasteiger partial charge in [0.25, 0.3) is 0 Å². The summed E-state index contributed by atoms with van der Waals surface area (Å²) in [7, 11) is 0. The first-order chi connectivity index (χ1) is 40.2. The number of hydrogen-bond donors (Lipinski definition) is 3. The summed E-state index contributed by atoms with van der Waals surface area (Å²) in [5.74, 6) is -0.0687. The molecule has 0 radical (unpaired) electrons. The van der Waals surface area contributed by atoms with Crippen LogP contribution in [0.1, 0.15) is 431 Å². The molecule has 0 aliphatic rings. The van der Waals surface area contributed by atoms with E-state index >= 15 is 0 Å². The standard InChI is InChI=1S/C77H149NO3/c1-3-5-7-9-11-13-15-17-19-21-23-25-27-29-31-33-35-37-38-39-41-43-45-47-49-51-53-55-57-59-61-63-65-67-69-71-73-77(81)78-75(74-79)76(80)72-70-68-66-64-62-60-58-56-54-52-50-48-46-44-42-40-36-34-32-30-28-26-24-22-20-18-16-14-12-10-8-6-4-2/h54,56,62,64,70,72,75-76,79-80H,3-53,55,57-61,63,65-69,71,73-74H2,1-2H3,(H,78,81)/b56-54+,64-62+,72-70+. The lowest BCUT2D eigenvalue weighted by molar-refractivity contribution is -0.123. The molecule has 0 fully saturated rings. The summed E-state index contributed by atoms with van der Waals surface area (Å²) in [6, 6.07) is -0.646. The number of allylic oxidation sites excluding steroid dienone is 5. The van der Waals surface area contributed by atoms with Gasteiger partial charge in [-0.15, -0.1) is 0 Å². The van der Waals surface area contributed by atoms with E-state index < -0.39 is 12.1 Å². The van der Waals surface area contributed by atoms with Gasteiger partial charge >= 0.3 is 0 Å². The van der Waals surface area contributed by atoms with Crippen molar-refractivity contribution < 1.29 is 15.0 Å². The fraction of sp³-hybridized carbons (Fsp3) is 0.909. The van der Waals surface area contributed by atoms with E-state index in [2.05, 4.69) is 43.5 Å². The Labute approximate surface area is 510 Å². The Kier molecular flexibility index (Phi) is 71.6. The molecule has 4 nitrogen and oxygen atoms in total. The number of aliphatic hydroxyl groups is 2. The predicted molar refractivity (Wildman–Crippen MR) is 364 cm³/mol. The Hall–Kier alpha value is -1.39. The second kappa shape index (κ2) is 72.9. The Bertz CT molecular complexity index is 1240. The van der Waals surface area contributed by atoms with Gasteiger partial charge in [-0.1, -0.05) is 416 Å². The highest BCUT2D eigenvalue weighted by Crippen LogP contribution is 2.20. The quantitative estimate of drug-likeness (QED) is 0.0420. The van der Waals surface area contributed by atoms with Crippen LogP contribution in [0.15, 0.2) is 36.5 Å². The van der Waals surface area contributed by atoms with Gasteiger partial charge in [0.1, 0.15) is 0 Å². The van der Waals surface area contributed by atoms with Crippen molar-refractivity contribution in [3.63, 3.8) is 0 Å². The molecule has 1 amide bonds. The lowest BCUT2D eigenvalue weighted by Gasteiger charge is -2.19. The maximum absolute atomic E-state index is 12.5. The zero-order valence-corrected chi connectivity index (χ0v) is 55.6. The van der Waals surface area contributed by atoms with Gasteiger partial charge in [-0.2, -0.15) is 0 Å². The number of amides is 1. The minimum atomic E-state index is -0.871. The normalized spacial score (nSPS) is 12.8. The highest BCUT2D eigenvalue weighted by Gasteiger charge is 2.18. The smallest absolute Gasteiger partial charge is 0.220 e. The second-order valence-electron chi connectivity index (χ2n) is 26.1. The van der Waals surface area contributed by atoms with Gasteiger partial charge in [0.15, 0.2) is 0 Å². The molecule has 0 saturated carbocycles. The van der Waals surface area contributed by atoms with Crippen LogP contribution in [0.5, 0.6) is 0 Å². The van der Waals surface area contributed by atoms with Crippen molar-refractivity contribution in [3.8, 4) is 0 Å². The summed E-state index contributed by atoms with van der Waals surface area (Å²) in [4.78, 5) is 12.5. The number of rotatable bonds is 71. The maximum Gasteiger partial charge on any atom is 0.220 e. The zero-order valence-electron chi connectivity index (χ0n) is 55.6. The first-order valence-electron chi connectivity index (χ1n) is 37.7. The molecule has 0 saturated heterocycles. The van der Waals surface area contributed by atoms with Crippen LogP contribution in [0.3, 0.4) is 0 Å². The summed E-state index contributed by atoms with van der Waals surface area (Å²) >= 11 is 0. The third kappa shape index (κ3) is 69.3. The molecule has 4 heteroatoms. The molecule has 0 aromatic carbocycles. The highest BCUT2D eigenvalue weighted by molar-refractivity contribution is 5.76. The SMILES string of the molecule is CCCCCCCCCCCCCCCCCCCCCCCCC/C=C/CC/C=C/CC/C=C/C(O)C(CO)NC(=O)CCCCCCCCCCCCCCCCCCCCCCCCCCCCCCCCCCCCCC. The molecule has 0 aliphatic carbocycles. The van der Waals surface area contributed by atoms with E-state index in [1.54, 1.807) is 6.08 Å². The topological polar surface area (TPSA) is 69.6 Å². The molecule has 0 aromatic rings. The number of carbonyl (C=O) groups is 1. The summed E-state index contributed by atoms with van der Waals surface area (Å²) in [6.07, 6.45) is 101. The van der Waals surface area contributed by atoms with Crippen LogP contribution in [0.25, 0.3) is 0 Å². The number of unbranched alkanes of at least 4 members (excludes halogenated alkanes) is 60. The fourth-order valence-corrected chi connectivity index (χ4v) is 12.2. The van der Waals surface area contributed by atoms with Crippen LogP contribution in [-0.2, 0) is 4.79 Å². The maximum atomic E-state index is 12.5. The molecule has 0 rings (SSSR count). The average Bonchev–Trinajstić information content (AvgIpc) is 3.47. The lowest BCUT2D eigenvalue weighted by Crippen LogP contribution is -2.45. The van der Waals surface area contributed by atoms with E-state index in [0.29, 0.717) is 6.42 Å². The number of aliphatic hydroxyl groups excluding tert-OH is 2. The molecule has 480 valence electrons. The van der Waals surface area contributed by atoms with E-state index in [9.17, 15) is 15.0 Å². The van der Waals surface area contributed by atoms with E-state index in [0.717, 1.165) is 38.5 Å². The van der Waals surface area contributed by atoms with Crippen molar-refractivity contribution in [1.82, 2.24) is 5.32 Å². The zero-order chi connectivity index (χ0) is 58.4. The molecular formula is C77H149NO3. The Morgan fingerprint density at radius 1 is 0.284 bits per heavy atom. The number of nitrogens with one attached hydrogen (secondary N) is 1. The minimum absolute atomic E-state index is 0.0687. The van der Waals surface area contributed by atoms with Gasteiger partial charge in [0, 0.05) is 6.42 Å². The summed E-state index contributed by atoms with van der Waals surface area (Å²) in [6.45, 7) is 4.35.